The third kappa shape index (κ3) is 3.18. The largest absolute Gasteiger partial charge is 0.490 e. The van der Waals surface area contributed by atoms with Crippen LogP contribution < -0.4 is 4.74 Å². The van der Waals surface area contributed by atoms with Crippen LogP contribution in [0.25, 0.3) is 6.08 Å². The van der Waals surface area contributed by atoms with Crippen LogP contribution in [-0.2, 0) is 0 Å². The molecule has 0 saturated heterocycles. The zero-order valence-corrected chi connectivity index (χ0v) is 10.7. The molecule has 0 heterocycles. The fraction of sp³-hybridized carbons (Fsp3) is 0.273. The van der Waals surface area contributed by atoms with E-state index in [1.165, 1.54) is 25.3 Å². The van der Waals surface area contributed by atoms with Gasteiger partial charge in [0.1, 0.15) is 0 Å². The van der Waals surface area contributed by atoms with Gasteiger partial charge in [-0.05, 0) is 24.4 Å². The summed E-state index contributed by atoms with van der Waals surface area (Å²) in [6.45, 7) is 0. The van der Waals surface area contributed by atoms with Gasteiger partial charge in [0.05, 0.1) is 22.5 Å². The zero-order chi connectivity index (χ0) is 14.6. The number of hydrogen-bond acceptors (Lipinski definition) is 6. The minimum atomic E-state index is -0.816. The summed E-state index contributed by atoms with van der Waals surface area (Å²) in [6, 6.07) is 2.74. The van der Waals surface area contributed by atoms with Crippen LogP contribution in [0.1, 0.15) is 5.56 Å². The van der Waals surface area contributed by atoms with E-state index in [0.29, 0.717) is 0 Å². The van der Waals surface area contributed by atoms with Gasteiger partial charge in [-0.3, -0.25) is 20.2 Å². The summed E-state index contributed by atoms with van der Waals surface area (Å²) < 4.78 is 4.80. The Kier molecular flexibility index (Phi) is 4.41. The lowest BCUT2D eigenvalue weighted by Gasteiger charge is -2.06. The van der Waals surface area contributed by atoms with Gasteiger partial charge in [-0.2, -0.15) is 0 Å². The highest BCUT2D eigenvalue weighted by Gasteiger charge is 2.32. The van der Waals surface area contributed by atoms with Crippen molar-refractivity contribution in [3.05, 3.63) is 44.1 Å². The third-order valence-corrected chi connectivity index (χ3v) is 2.28. The molecule has 0 unspecified atom stereocenters. The van der Waals surface area contributed by atoms with Crippen molar-refractivity contribution in [3.63, 3.8) is 0 Å². The summed E-state index contributed by atoms with van der Waals surface area (Å²) in [5.41, 5.74) is -1.08. The van der Waals surface area contributed by atoms with Crippen LogP contribution in [0, 0.1) is 20.2 Å². The second-order valence-corrected chi connectivity index (χ2v) is 3.85. The van der Waals surface area contributed by atoms with E-state index in [-0.39, 0.29) is 11.3 Å². The van der Waals surface area contributed by atoms with Crippen molar-refractivity contribution in [1.82, 2.24) is 4.90 Å². The van der Waals surface area contributed by atoms with Crippen LogP contribution in [0.3, 0.4) is 0 Å². The number of hydrogen-bond donors (Lipinski definition) is 0. The van der Waals surface area contributed by atoms with E-state index < -0.39 is 21.2 Å². The number of ether oxygens (including phenoxy) is 1. The summed E-state index contributed by atoms with van der Waals surface area (Å²) in [5, 5.41) is 22.0. The molecule has 0 spiro atoms. The molecule has 0 aliphatic carbocycles. The Balaban J connectivity index is 3.54. The molecule has 1 aromatic carbocycles. The second kappa shape index (κ2) is 5.80. The van der Waals surface area contributed by atoms with E-state index in [1.807, 2.05) is 0 Å². The quantitative estimate of drug-likeness (QED) is 0.598. The van der Waals surface area contributed by atoms with E-state index in [2.05, 4.69) is 0 Å². The van der Waals surface area contributed by atoms with Crippen molar-refractivity contribution in [3.8, 4) is 5.75 Å². The minimum Gasteiger partial charge on any atom is -0.490 e. The fourth-order valence-corrected chi connectivity index (χ4v) is 1.47. The van der Waals surface area contributed by atoms with Crippen LogP contribution in [0.2, 0.25) is 0 Å². The first kappa shape index (κ1) is 14.4. The Morgan fingerprint density at radius 2 is 1.74 bits per heavy atom. The number of nitro groups is 2. The Hall–Kier alpha value is -2.64. The molecule has 0 radical (unpaired) electrons. The molecule has 19 heavy (non-hydrogen) atoms. The van der Waals surface area contributed by atoms with Crippen LogP contribution in [-0.4, -0.2) is 36.0 Å². The Morgan fingerprint density at radius 1 is 1.16 bits per heavy atom. The topological polar surface area (TPSA) is 98.8 Å². The van der Waals surface area contributed by atoms with Gasteiger partial charge in [-0.15, -0.1) is 0 Å². The average Bonchev–Trinajstić information content (AvgIpc) is 2.34. The Labute approximate surface area is 109 Å². The molecule has 0 aromatic heterocycles. The second-order valence-electron chi connectivity index (χ2n) is 3.85. The summed E-state index contributed by atoms with van der Waals surface area (Å²) >= 11 is 0. The zero-order valence-electron chi connectivity index (χ0n) is 10.7. The van der Waals surface area contributed by atoms with Crippen molar-refractivity contribution < 1.29 is 14.6 Å². The summed E-state index contributed by atoms with van der Waals surface area (Å²) in [7, 11) is 4.70. The van der Waals surface area contributed by atoms with E-state index in [1.54, 1.807) is 25.2 Å². The van der Waals surface area contributed by atoms with Gasteiger partial charge in [0.2, 0.25) is 5.75 Å². The predicted molar refractivity (Wildman–Crippen MR) is 69.0 cm³/mol. The maximum Gasteiger partial charge on any atom is 0.387 e. The van der Waals surface area contributed by atoms with E-state index in [9.17, 15) is 20.2 Å². The first-order valence-electron chi connectivity index (χ1n) is 5.23. The Bertz CT molecular complexity index is 539. The van der Waals surface area contributed by atoms with Gasteiger partial charge >= 0.3 is 11.4 Å². The molecule has 0 N–H and O–H groups in total. The minimum absolute atomic E-state index is 0.140. The predicted octanol–water partition coefficient (Wildman–Crippen LogP) is 2.04. The molecule has 0 bridgehead atoms. The molecule has 1 rings (SSSR count). The van der Waals surface area contributed by atoms with Gasteiger partial charge in [-0.25, -0.2) is 0 Å². The van der Waals surface area contributed by atoms with E-state index in [4.69, 9.17) is 4.74 Å². The molecule has 102 valence electrons. The highest BCUT2D eigenvalue weighted by Crippen LogP contribution is 2.39. The molecule has 0 atom stereocenters. The molecule has 0 aliphatic heterocycles. The molecular weight excluding hydrogens is 254 g/mol. The van der Waals surface area contributed by atoms with E-state index in [0.717, 1.165) is 0 Å². The monoisotopic (exact) mass is 267 g/mol. The summed E-state index contributed by atoms with van der Waals surface area (Å²) in [5.74, 6) is -0.140. The van der Waals surface area contributed by atoms with Crippen molar-refractivity contribution in [1.29, 1.82) is 0 Å². The number of rotatable bonds is 5. The number of benzene rings is 1. The SMILES string of the molecule is COc1ccc(C=CN(C)C)c([N+](=O)[O-])c1[N+](=O)[O-]. The third-order valence-electron chi connectivity index (χ3n) is 2.28. The average molecular weight is 267 g/mol. The Morgan fingerprint density at radius 3 is 2.16 bits per heavy atom. The molecule has 0 amide bonds. The maximum absolute atomic E-state index is 11.1. The lowest BCUT2D eigenvalue weighted by Crippen LogP contribution is -2.03. The van der Waals surface area contributed by atoms with Crippen LogP contribution in [0.4, 0.5) is 11.4 Å². The van der Waals surface area contributed by atoms with Crippen LogP contribution in [0.15, 0.2) is 18.3 Å². The number of methoxy groups -OCH3 is 1. The lowest BCUT2D eigenvalue weighted by atomic mass is 10.1. The van der Waals surface area contributed by atoms with Gasteiger partial charge in [-0.1, -0.05) is 0 Å². The van der Waals surface area contributed by atoms with Crippen molar-refractivity contribution >= 4 is 17.5 Å². The van der Waals surface area contributed by atoms with Gasteiger partial charge < -0.3 is 9.64 Å². The number of nitrogens with zero attached hydrogens (tertiary/aromatic N) is 3. The van der Waals surface area contributed by atoms with Crippen molar-refractivity contribution in [2.45, 2.75) is 0 Å². The molecular formula is C11H13N3O5. The molecule has 0 aliphatic rings. The summed E-state index contributed by atoms with van der Waals surface area (Å²) in [6.07, 6.45) is 3.00. The van der Waals surface area contributed by atoms with Gasteiger partial charge in [0, 0.05) is 14.1 Å². The van der Waals surface area contributed by atoms with Gasteiger partial charge in [0.15, 0.2) is 0 Å². The first-order valence-corrected chi connectivity index (χ1v) is 5.23. The van der Waals surface area contributed by atoms with Gasteiger partial charge in [0.25, 0.3) is 0 Å². The van der Waals surface area contributed by atoms with Crippen molar-refractivity contribution in [2.24, 2.45) is 0 Å². The fourth-order valence-electron chi connectivity index (χ4n) is 1.47. The highest BCUT2D eigenvalue weighted by atomic mass is 16.6. The summed E-state index contributed by atoms with van der Waals surface area (Å²) in [4.78, 5) is 22.1. The van der Waals surface area contributed by atoms with Crippen LogP contribution >= 0.6 is 0 Å². The standard InChI is InChI=1S/C11H13N3O5/c1-12(2)7-6-8-4-5-9(19-3)11(14(17)18)10(8)13(15)16/h4-7H,1-3H3. The molecule has 8 nitrogen and oxygen atoms in total. The lowest BCUT2D eigenvalue weighted by molar-refractivity contribution is -0.423. The molecule has 0 saturated carbocycles. The normalized spacial score (nSPS) is 10.5. The number of nitro benzene ring substituents is 2. The smallest absolute Gasteiger partial charge is 0.387 e. The molecule has 1 aromatic rings. The van der Waals surface area contributed by atoms with E-state index >= 15 is 0 Å². The molecule has 0 fully saturated rings. The first-order chi connectivity index (χ1) is 8.88. The van der Waals surface area contributed by atoms with Crippen LogP contribution in [0.5, 0.6) is 5.75 Å². The highest BCUT2D eigenvalue weighted by molar-refractivity contribution is 5.73. The maximum atomic E-state index is 11.1. The van der Waals surface area contributed by atoms with Crippen molar-refractivity contribution in [2.75, 3.05) is 21.2 Å². The molecule has 8 heteroatoms.